The number of imidazole rings is 1. The predicted molar refractivity (Wildman–Crippen MR) is 101 cm³/mol. The second-order valence-electron chi connectivity index (χ2n) is 6.98. The number of hydrogen-bond acceptors (Lipinski definition) is 3. The summed E-state index contributed by atoms with van der Waals surface area (Å²) in [6.45, 7) is 0.229. The molecule has 0 saturated heterocycles. The van der Waals surface area contributed by atoms with Crippen LogP contribution >= 0.6 is 0 Å². The minimum absolute atomic E-state index is 0.00561. The second kappa shape index (κ2) is 7.78. The zero-order chi connectivity index (χ0) is 18.6. The van der Waals surface area contributed by atoms with Gasteiger partial charge in [0.25, 0.3) is 0 Å². The van der Waals surface area contributed by atoms with Gasteiger partial charge in [-0.2, -0.15) is 0 Å². The highest BCUT2D eigenvalue weighted by Gasteiger charge is 2.16. The highest BCUT2D eigenvalue weighted by atomic mass is 19.1. The first-order valence-corrected chi connectivity index (χ1v) is 9.35. The largest absolute Gasteiger partial charge is 0.457 e. The van der Waals surface area contributed by atoms with Crippen LogP contribution in [0.4, 0.5) is 4.39 Å². The summed E-state index contributed by atoms with van der Waals surface area (Å²) in [7, 11) is 0. The molecule has 0 radical (unpaired) electrons. The van der Waals surface area contributed by atoms with Crippen LogP contribution in [0.3, 0.4) is 0 Å². The van der Waals surface area contributed by atoms with E-state index in [1.54, 1.807) is 18.5 Å². The molecule has 0 unspecified atom stereocenters. The first kappa shape index (κ1) is 17.5. The molecule has 1 aliphatic rings. The fourth-order valence-corrected chi connectivity index (χ4v) is 3.54. The molecule has 5 nitrogen and oxygen atoms in total. The highest BCUT2D eigenvalue weighted by molar-refractivity contribution is 5.81. The van der Waals surface area contributed by atoms with Crippen molar-refractivity contribution in [2.45, 2.75) is 44.7 Å². The van der Waals surface area contributed by atoms with E-state index >= 15 is 0 Å². The van der Waals surface area contributed by atoms with Gasteiger partial charge in [-0.3, -0.25) is 4.79 Å². The third kappa shape index (κ3) is 4.27. The van der Waals surface area contributed by atoms with Crippen LogP contribution in [-0.2, 0) is 11.3 Å². The van der Waals surface area contributed by atoms with Gasteiger partial charge in [0.1, 0.15) is 23.9 Å². The quantitative estimate of drug-likeness (QED) is 0.726. The smallest absolute Gasteiger partial charge is 0.240 e. The Labute approximate surface area is 157 Å². The van der Waals surface area contributed by atoms with Crippen LogP contribution in [0.5, 0.6) is 11.5 Å². The number of halogens is 1. The minimum atomic E-state index is -0.306. The van der Waals surface area contributed by atoms with Crippen LogP contribution in [-0.4, -0.2) is 21.5 Å². The Morgan fingerprint density at radius 2 is 1.85 bits per heavy atom. The minimum Gasteiger partial charge on any atom is -0.457 e. The molecule has 0 atom stereocenters. The second-order valence-corrected chi connectivity index (χ2v) is 6.98. The van der Waals surface area contributed by atoms with Crippen LogP contribution in [0.1, 0.15) is 32.1 Å². The first-order valence-electron chi connectivity index (χ1n) is 9.35. The van der Waals surface area contributed by atoms with E-state index < -0.39 is 0 Å². The Balaban J connectivity index is 1.48. The number of nitrogens with one attached hydrogen (secondary N) is 1. The Bertz CT molecular complexity index is 930. The molecule has 1 aliphatic carbocycles. The lowest BCUT2D eigenvalue weighted by molar-refractivity contribution is -0.122. The van der Waals surface area contributed by atoms with Gasteiger partial charge in [0.15, 0.2) is 0 Å². The fourth-order valence-electron chi connectivity index (χ4n) is 3.54. The maximum Gasteiger partial charge on any atom is 0.240 e. The van der Waals surface area contributed by atoms with Crippen LogP contribution < -0.4 is 10.1 Å². The number of benzene rings is 2. The number of nitrogens with zero attached hydrogens (tertiary/aromatic N) is 2. The van der Waals surface area contributed by atoms with Crippen molar-refractivity contribution in [1.82, 2.24) is 14.9 Å². The van der Waals surface area contributed by atoms with E-state index in [0.717, 1.165) is 23.9 Å². The van der Waals surface area contributed by atoms with Crippen molar-refractivity contribution in [3.05, 3.63) is 54.6 Å². The summed E-state index contributed by atoms with van der Waals surface area (Å²) < 4.78 is 20.6. The normalized spacial score (nSPS) is 15.0. The maximum absolute atomic E-state index is 13.0. The summed E-state index contributed by atoms with van der Waals surface area (Å²) in [5.41, 5.74) is 1.63. The number of amides is 1. The molecular weight excluding hydrogens is 345 g/mol. The van der Waals surface area contributed by atoms with Gasteiger partial charge in [-0.15, -0.1) is 0 Å². The summed E-state index contributed by atoms with van der Waals surface area (Å²) in [5.74, 6) is 0.867. The molecule has 1 fully saturated rings. The molecule has 6 heteroatoms. The van der Waals surface area contributed by atoms with Crippen molar-refractivity contribution < 1.29 is 13.9 Å². The van der Waals surface area contributed by atoms with Crippen molar-refractivity contribution in [1.29, 1.82) is 0 Å². The lowest BCUT2D eigenvalue weighted by Crippen LogP contribution is -2.38. The van der Waals surface area contributed by atoms with Gasteiger partial charge in [0.2, 0.25) is 5.91 Å². The number of aromatic nitrogens is 2. The molecule has 0 bridgehead atoms. The standard InChI is InChI=1S/C21H22FN3O2/c22-15-6-8-17(9-7-15)27-18-10-11-19-20(12-18)25(14-23-19)13-21(26)24-16-4-2-1-3-5-16/h6-12,14,16H,1-5,13H2,(H,24,26). The Morgan fingerprint density at radius 3 is 2.63 bits per heavy atom. The third-order valence-corrected chi connectivity index (χ3v) is 4.93. The van der Waals surface area contributed by atoms with Crippen LogP contribution in [0.2, 0.25) is 0 Å². The molecule has 1 amide bonds. The van der Waals surface area contributed by atoms with E-state index in [9.17, 15) is 9.18 Å². The molecule has 3 aromatic rings. The molecule has 1 N–H and O–H groups in total. The average molecular weight is 367 g/mol. The van der Waals surface area contributed by atoms with E-state index in [2.05, 4.69) is 10.3 Å². The zero-order valence-corrected chi connectivity index (χ0v) is 15.0. The monoisotopic (exact) mass is 367 g/mol. The molecule has 1 saturated carbocycles. The third-order valence-electron chi connectivity index (χ3n) is 4.93. The van der Waals surface area contributed by atoms with Crippen LogP contribution in [0.15, 0.2) is 48.8 Å². The van der Waals surface area contributed by atoms with Crippen molar-refractivity contribution in [2.24, 2.45) is 0 Å². The van der Waals surface area contributed by atoms with Crippen molar-refractivity contribution in [3.8, 4) is 11.5 Å². The fraction of sp³-hybridized carbons (Fsp3) is 0.333. The van der Waals surface area contributed by atoms with Gasteiger partial charge in [-0.05, 0) is 49.2 Å². The van der Waals surface area contributed by atoms with Crippen molar-refractivity contribution in [2.75, 3.05) is 0 Å². The molecule has 27 heavy (non-hydrogen) atoms. The molecule has 4 rings (SSSR count). The number of ether oxygens (including phenoxy) is 1. The van der Waals surface area contributed by atoms with Gasteiger partial charge in [0.05, 0.1) is 17.4 Å². The van der Waals surface area contributed by atoms with E-state index in [4.69, 9.17) is 4.74 Å². The summed E-state index contributed by atoms with van der Waals surface area (Å²) >= 11 is 0. The topological polar surface area (TPSA) is 56.2 Å². The maximum atomic E-state index is 13.0. The highest BCUT2D eigenvalue weighted by Crippen LogP contribution is 2.25. The summed E-state index contributed by atoms with van der Waals surface area (Å²) in [5, 5.41) is 3.13. The Kier molecular flexibility index (Phi) is 5.05. The molecule has 0 spiro atoms. The summed E-state index contributed by atoms with van der Waals surface area (Å²) in [4.78, 5) is 16.8. The number of rotatable bonds is 5. The van der Waals surface area contributed by atoms with Gasteiger partial charge in [-0.25, -0.2) is 9.37 Å². The summed E-state index contributed by atoms with van der Waals surface area (Å²) in [6.07, 6.45) is 7.42. The van der Waals surface area contributed by atoms with E-state index in [-0.39, 0.29) is 18.3 Å². The predicted octanol–water partition coefficient (Wildman–Crippen LogP) is 4.42. The molecule has 1 aromatic heterocycles. The molecule has 1 heterocycles. The van der Waals surface area contributed by atoms with Gasteiger partial charge in [-0.1, -0.05) is 19.3 Å². The number of hydrogen-bond donors (Lipinski definition) is 1. The molecule has 0 aliphatic heterocycles. The van der Waals surface area contributed by atoms with Crippen molar-refractivity contribution in [3.63, 3.8) is 0 Å². The SMILES string of the molecule is O=C(Cn1cnc2ccc(Oc3ccc(F)cc3)cc21)NC1CCCCC1. The number of carbonyl (C=O) groups excluding carboxylic acids is 1. The molecular formula is C21H22FN3O2. The zero-order valence-electron chi connectivity index (χ0n) is 15.0. The molecule has 2 aromatic carbocycles. The number of fused-ring (bicyclic) bond motifs is 1. The van der Waals surface area contributed by atoms with Gasteiger partial charge in [0, 0.05) is 12.1 Å². The first-order chi connectivity index (χ1) is 13.2. The van der Waals surface area contributed by atoms with Crippen molar-refractivity contribution >= 4 is 16.9 Å². The number of carbonyl (C=O) groups is 1. The lowest BCUT2D eigenvalue weighted by atomic mass is 9.95. The Hall–Kier alpha value is -2.89. The van der Waals surface area contributed by atoms with E-state index in [1.807, 2.05) is 22.8 Å². The summed E-state index contributed by atoms with van der Waals surface area (Å²) in [6, 6.07) is 11.7. The van der Waals surface area contributed by atoms with Crippen LogP contribution in [0.25, 0.3) is 11.0 Å². The van der Waals surface area contributed by atoms with Gasteiger partial charge >= 0.3 is 0 Å². The Morgan fingerprint density at radius 1 is 1.11 bits per heavy atom. The van der Waals surface area contributed by atoms with Crippen LogP contribution in [0, 0.1) is 5.82 Å². The van der Waals surface area contributed by atoms with E-state index in [0.29, 0.717) is 17.5 Å². The van der Waals surface area contributed by atoms with E-state index in [1.165, 1.54) is 31.4 Å². The average Bonchev–Trinajstić information content (AvgIpc) is 3.06. The van der Waals surface area contributed by atoms with Gasteiger partial charge < -0.3 is 14.6 Å². The molecule has 140 valence electrons. The lowest BCUT2D eigenvalue weighted by Gasteiger charge is -2.22.